The Morgan fingerprint density at radius 3 is 2.28 bits per heavy atom. The first-order valence-electron chi connectivity index (χ1n) is 12.9. The summed E-state index contributed by atoms with van der Waals surface area (Å²) in [5.74, 6) is -2.93. The Hall–Kier alpha value is -2.43. The van der Waals surface area contributed by atoms with E-state index in [2.05, 4.69) is 5.32 Å². The van der Waals surface area contributed by atoms with E-state index in [9.17, 15) is 26.8 Å². The van der Waals surface area contributed by atoms with Gasteiger partial charge in [0, 0.05) is 47.2 Å². The van der Waals surface area contributed by atoms with Crippen molar-refractivity contribution in [2.45, 2.75) is 70.5 Å². The molecular formula is C27H33Cl2F2N3O4S. The molecule has 0 aliphatic heterocycles. The van der Waals surface area contributed by atoms with Gasteiger partial charge in [-0.15, -0.1) is 0 Å². The summed E-state index contributed by atoms with van der Waals surface area (Å²) in [6, 6.07) is 7.06. The van der Waals surface area contributed by atoms with Crippen LogP contribution < -0.4 is 9.62 Å². The average Bonchev–Trinajstić information content (AvgIpc) is 3.37. The van der Waals surface area contributed by atoms with Crippen molar-refractivity contribution in [3.05, 3.63) is 63.6 Å². The van der Waals surface area contributed by atoms with Crippen LogP contribution in [0.15, 0.2) is 36.4 Å². The monoisotopic (exact) mass is 603 g/mol. The van der Waals surface area contributed by atoms with Gasteiger partial charge in [0.1, 0.15) is 6.04 Å². The number of hydrogen-bond acceptors (Lipinski definition) is 4. The number of halogens is 4. The van der Waals surface area contributed by atoms with E-state index in [1.165, 1.54) is 4.90 Å². The third kappa shape index (κ3) is 8.28. The summed E-state index contributed by atoms with van der Waals surface area (Å²) in [5, 5.41) is 3.76. The van der Waals surface area contributed by atoms with Crippen molar-refractivity contribution in [3.63, 3.8) is 0 Å². The fourth-order valence-corrected chi connectivity index (χ4v) is 6.26. The molecule has 12 heteroatoms. The molecule has 1 N–H and O–H groups in total. The molecule has 0 saturated heterocycles. The van der Waals surface area contributed by atoms with Crippen molar-refractivity contribution in [2.75, 3.05) is 17.1 Å². The van der Waals surface area contributed by atoms with Crippen LogP contribution in [0.5, 0.6) is 0 Å². The van der Waals surface area contributed by atoms with Crippen molar-refractivity contribution in [1.29, 1.82) is 0 Å². The van der Waals surface area contributed by atoms with Crippen molar-refractivity contribution in [3.8, 4) is 0 Å². The van der Waals surface area contributed by atoms with E-state index >= 15 is 0 Å². The summed E-state index contributed by atoms with van der Waals surface area (Å²) in [6.45, 7) is 1.65. The zero-order valence-electron chi connectivity index (χ0n) is 21.9. The Morgan fingerprint density at radius 2 is 1.72 bits per heavy atom. The lowest BCUT2D eigenvalue weighted by atomic mass is 10.1. The molecule has 3 rings (SSSR count). The fraction of sp³-hybridized carbons (Fsp3) is 0.481. The van der Waals surface area contributed by atoms with E-state index in [1.807, 2.05) is 6.92 Å². The van der Waals surface area contributed by atoms with Gasteiger partial charge in [0.05, 0.1) is 11.9 Å². The highest BCUT2D eigenvalue weighted by atomic mass is 35.5. The number of amides is 2. The minimum absolute atomic E-state index is 0.00705. The van der Waals surface area contributed by atoms with Crippen molar-refractivity contribution in [1.82, 2.24) is 10.2 Å². The van der Waals surface area contributed by atoms with Gasteiger partial charge < -0.3 is 10.2 Å². The van der Waals surface area contributed by atoms with Crippen LogP contribution in [0.1, 0.15) is 57.4 Å². The standard InChI is InChI=1S/C27H33Cl2F2N3O4S/c1-3-25(27(36)32-18-8-4-5-9-18)33(17-20-21(28)10-6-11-22(20)29)26(35)12-7-15-34(39(2,37)38)19-13-14-23(30)24(31)16-19/h6,10-11,13-14,16,18,25H,3-5,7-9,12,15,17H2,1-2H3,(H,32,36)/t25-/m0/s1. The minimum Gasteiger partial charge on any atom is -0.352 e. The van der Waals surface area contributed by atoms with Crippen LogP contribution in [0.2, 0.25) is 10.0 Å². The molecule has 39 heavy (non-hydrogen) atoms. The minimum atomic E-state index is -3.85. The molecule has 2 aromatic carbocycles. The third-order valence-corrected chi connectivity index (χ3v) is 8.72. The zero-order valence-corrected chi connectivity index (χ0v) is 24.3. The lowest BCUT2D eigenvalue weighted by Gasteiger charge is -2.32. The first-order chi connectivity index (χ1) is 18.4. The summed E-state index contributed by atoms with van der Waals surface area (Å²) in [4.78, 5) is 28.3. The van der Waals surface area contributed by atoms with E-state index in [0.29, 0.717) is 22.0 Å². The molecule has 1 fully saturated rings. The SMILES string of the molecule is CC[C@@H](C(=O)NC1CCCC1)N(Cc1c(Cl)cccc1Cl)C(=O)CCCN(c1ccc(F)c(F)c1)S(C)(=O)=O. The third-order valence-electron chi connectivity index (χ3n) is 6.82. The van der Waals surface area contributed by atoms with Gasteiger partial charge >= 0.3 is 0 Å². The maximum atomic E-state index is 13.8. The summed E-state index contributed by atoms with van der Waals surface area (Å²) in [5.41, 5.74) is 0.451. The van der Waals surface area contributed by atoms with E-state index in [-0.39, 0.29) is 43.6 Å². The van der Waals surface area contributed by atoms with Gasteiger partial charge in [-0.1, -0.05) is 49.0 Å². The number of nitrogens with one attached hydrogen (secondary N) is 1. The number of hydrogen-bond donors (Lipinski definition) is 1. The molecule has 214 valence electrons. The Labute approximate surface area is 238 Å². The quantitative estimate of drug-likeness (QED) is 0.338. The van der Waals surface area contributed by atoms with Crippen LogP contribution in [0.3, 0.4) is 0 Å². The molecule has 0 bridgehead atoms. The largest absolute Gasteiger partial charge is 0.352 e. The number of rotatable bonds is 12. The summed E-state index contributed by atoms with van der Waals surface area (Å²) in [6.07, 6.45) is 5.10. The fourth-order valence-electron chi connectivity index (χ4n) is 4.78. The molecule has 1 aliphatic rings. The molecule has 1 saturated carbocycles. The number of carbonyl (C=O) groups excluding carboxylic acids is 2. The zero-order chi connectivity index (χ0) is 28.7. The second-order valence-corrected chi connectivity index (χ2v) is 12.4. The molecule has 0 heterocycles. The highest BCUT2D eigenvalue weighted by Crippen LogP contribution is 2.28. The molecule has 0 spiro atoms. The molecule has 0 radical (unpaired) electrons. The number of nitrogens with zero attached hydrogens (tertiary/aromatic N) is 2. The van der Waals surface area contributed by atoms with Crippen molar-refractivity contribution in [2.24, 2.45) is 0 Å². The van der Waals surface area contributed by atoms with Gasteiger partial charge in [-0.2, -0.15) is 0 Å². The molecule has 1 atom stereocenters. The number of anilines is 1. The smallest absolute Gasteiger partial charge is 0.243 e. The molecule has 7 nitrogen and oxygen atoms in total. The average molecular weight is 605 g/mol. The highest BCUT2D eigenvalue weighted by Gasteiger charge is 2.31. The Morgan fingerprint density at radius 1 is 1.08 bits per heavy atom. The Balaban J connectivity index is 1.81. The highest BCUT2D eigenvalue weighted by molar-refractivity contribution is 7.92. The van der Waals surface area contributed by atoms with E-state index in [1.54, 1.807) is 18.2 Å². The van der Waals surface area contributed by atoms with E-state index in [4.69, 9.17) is 23.2 Å². The predicted molar refractivity (Wildman–Crippen MR) is 149 cm³/mol. The molecule has 1 aliphatic carbocycles. The lowest BCUT2D eigenvalue weighted by Crippen LogP contribution is -2.51. The van der Waals surface area contributed by atoms with Gasteiger partial charge in [0.25, 0.3) is 0 Å². The molecular weight excluding hydrogens is 571 g/mol. The molecule has 0 unspecified atom stereocenters. The van der Waals surface area contributed by atoms with Crippen LogP contribution in [0, 0.1) is 11.6 Å². The van der Waals surface area contributed by atoms with Gasteiger partial charge in [-0.05, 0) is 49.9 Å². The Kier molecular flexibility index (Phi) is 11.0. The summed E-state index contributed by atoms with van der Waals surface area (Å²) >= 11 is 12.8. The number of sulfonamides is 1. The van der Waals surface area contributed by atoms with Gasteiger partial charge in [-0.3, -0.25) is 13.9 Å². The second kappa shape index (κ2) is 13.8. The number of carbonyl (C=O) groups is 2. The van der Waals surface area contributed by atoms with E-state index < -0.39 is 33.6 Å². The number of benzene rings is 2. The first kappa shape index (κ1) is 31.1. The second-order valence-electron chi connectivity index (χ2n) is 9.67. The summed E-state index contributed by atoms with van der Waals surface area (Å²) in [7, 11) is -3.85. The van der Waals surface area contributed by atoms with Crippen LogP contribution in [-0.4, -0.2) is 50.0 Å². The van der Waals surface area contributed by atoms with Crippen LogP contribution in [0.4, 0.5) is 14.5 Å². The van der Waals surface area contributed by atoms with E-state index in [0.717, 1.165) is 54.4 Å². The molecule has 2 aromatic rings. The van der Waals surface area contributed by atoms with Gasteiger partial charge in [-0.25, -0.2) is 17.2 Å². The predicted octanol–water partition coefficient (Wildman–Crippen LogP) is 5.68. The van der Waals surface area contributed by atoms with Crippen molar-refractivity contribution < 1.29 is 26.8 Å². The maximum Gasteiger partial charge on any atom is 0.243 e. The lowest BCUT2D eigenvalue weighted by molar-refractivity contribution is -0.141. The van der Waals surface area contributed by atoms with Crippen LogP contribution >= 0.6 is 23.2 Å². The first-order valence-corrected chi connectivity index (χ1v) is 15.5. The molecule has 2 amide bonds. The maximum absolute atomic E-state index is 13.8. The summed E-state index contributed by atoms with van der Waals surface area (Å²) < 4.78 is 52.9. The van der Waals surface area contributed by atoms with Gasteiger partial charge in [0.2, 0.25) is 21.8 Å². The normalized spacial score (nSPS) is 14.7. The molecule has 0 aromatic heterocycles. The van der Waals surface area contributed by atoms with Crippen molar-refractivity contribution >= 4 is 50.7 Å². The van der Waals surface area contributed by atoms with Gasteiger partial charge in [0.15, 0.2) is 11.6 Å². The topological polar surface area (TPSA) is 86.8 Å². The van der Waals surface area contributed by atoms with Crippen LogP contribution in [-0.2, 0) is 26.2 Å². The Bertz CT molecular complexity index is 1270. The van der Waals surface area contributed by atoms with Crippen LogP contribution in [0.25, 0.3) is 0 Å².